The Morgan fingerprint density at radius 2 is 1.65 bits per heavy atom. The zero-order chi connectivity index (χ0) is 14.8. The molecule has 20 heavy (non-hydrogen) atoms. The molecule has 0 spiro atoms. The van der Waals surface area contributed by atoms with Gasteiger partial charge in [-0.2, -0.15) is 0 Å². The number of hydrogen-bond donors (Lipinski definition) is 1. The molecule has 0 aliphatic rings. The number of thioether (sulfide) groups is 1. The highest BCUT2D eigenvalue weighted by Gasteiger charge is 2.13. The first-order valence-corrected chi connectivity index (χ1v) is 7.87. The van der Waals surface area contributed by atoms with Crippen molar-refractivity contribution >= 4 is 17.4 Å². The summed E-state index contributed by atoms with van der Waals surface area (Å²) in [6.07, 6.45) is 0. The van der Waals surface area contributed by atoms with Gasteiger partial charge in [0.05, 0.1) is 0 Å². The van der Waals surface area contributed by atoms with Crippen molar-refractivity contribution < 1.29 is 0 Å². The normalized spacial score (nSPS) is 13.2. The van der Waals surface area contributed by atoms with E-state index in [-0.39, 0.29) is 5.41 Å². The first-order valence-electron chi connectivity index (χ1n) is 6.99. The van der Waals surface area contributed by atoms with Crippen molar-refractivity contribution in [2.45, 2.75) is 43.3 Å². The minimum Gasteiger partial charge on any atom is -0.399 e. The van der Waals surface area contributed by atoms with Crippen LogP contribution >= 0.6 is 11.8 Å². The summed E-state index contributed by atoms with van der Waals surface area (Å²) in [5.74, 6) is 0. The van der Waals surface area contributed by atoms with E-state index in [4.69, 9.17) is 5.73 Å². The molecule has 0 aliphatic carbocycles. The predicted molar refractivity (Wildman–Crippen MR) is 90.3 cm³/mol. The van der Waals surface area contributed by atoms with Crippen LogP contribution < -0.4 is 5.73 Å². The summed E-state index contributed by atoms with van der Waals surface area (Å²) < 4.78 is 0. The van der Waals surface area contributed by atoms with Gasteiger partial charge in [-0.1, -0.05) is 45.0 Å². The molecule has 2 aromatic carbocycles. The third-order valence-corrected chi connectivity index (χ3v) is 4.58. The van der Waals surface area contributed by atoms with Gasteiger partial charge in [0.1, 0.15) is 0 Å². The van der Waals surface area contributed by atoms with Gasteiger partial charge in [-0.25, -0.2) is 0 Å². The van der Waals surface area contributed by atoms with Gasteiger partial charge >= 0.3 is 0 Å². The lowest BCUT2D eigenvalue weighted by Gasteiger charge is -2.19. The molecule has 1 unspecified atom stereocenters. The second-order valence-corrected chi connectivity index (χ2v) is 7.62. The summed E-state index contributed by atoms with van der Waals surface area (Å²) in [6, 6.07) is 17.0. The maximum atomic E-state index is 5.85. The van der Waals surface area contributed by atoms with Crippen LogP contribution in [0.2, 0.25) is 0 Å². The number of hydrogen-bond acceptors (Lipinski definition) is 2. The molecule has 0 bridgehead atoms. The van der Waals surface area contributed by atoms with Crippen LogP contribution in [0.1, 0.15) is 44.1 Å². The van der Waals surface area contributed by atoms with E-state index < -0.39 is 0 Å². The Hall–Kier alpha value is -1.41. The van der Waals surface area contributed by atoms with E-state index in [0.717, 1.165) is 5.69 Å². The smallest absolute Gasteiger partial charge is 0.0317 e. The first kappa shape index (κ1) is 15.0. The SMILES string of the molecule is CC(Sc1ccc(C(C)(C)C)cc1)c1cccc(N)c1. The fourth-order valence-corrected chi connectivity index (χ4v) is 3.10. The number of benzene rings is 2. The average molecular weight is 285 g/mol. The molecule has 2 aromatic rings. The minimum atomic E-state index is 0.211. The molecule has 0 aromatic heterocycles. The summed E-state index contributed by atoms with van der Waals surface area (Å²) in [6.45, 7) is 8.94. The fraction of sp³-hybridized carbons (Fsp3) is 0.333. The van der Waals surface area contributed by atoms with E-state index in [9.17, 15) is 0 Å². The average Bonchev–Trinajstić information content (AvgIpc) is 2.38. The van der Waals surface area contributed by atoms with E-state index in [0.29, 0.717) is 5.25 Å². The summed E-state index contributed by atoms with van der Waals surface area (Å²) in [7, 11) is 0. The van der Waals surface area contributed by atoms with Gasteiger partial charge in [-0.15, -0.1) is 11.8 Å². The minimum absolute atomic E-state index is 0.211. The number of anilines is 1. The monoisotopic (exact) mass is 285 g/mol. The van der Waals surface area contributed by atoms with Crippen LogP contribution in [0.5, 0.6) is 0 Å². The molecule has 1 nitrogen and oxygen atoms in total. The maximum Gasteiger partial charge on any atom is 0.0317 e. The standard InChI is InChI=1S/C18H23NS/c1-13(14-6-5-7-16(19)12-14)20-17-10-8-15(9-11-17)18(2,3)4/h5-13H,19H2,1-4H3. The first-order chi connectivity index (χ1) is 9.36. The molecule has 2 N–H and O–H groups in total. The highest BCUT2D eigenvalue weighted by molar-refractivity contribution is 7.99. The predicted octanol–water partition coefficient (Wildman–Crippen LogP) is 5.42. The zero-order valence-corrected chi connectivity index (χ0v) is 13.5. The van der Waals surface area contributed by atoms with Gasteiger partial charge in [-0.05, 0) is 47.7 Å². The van der Waals surface area contributed by atoms with Crippen molar-refractivity contribution in [3.8, 4) is 0 Å². The molecule has 0 radical (unpaired) electrons. The molecule has 2 heteroatoms. The lowest BCUT2D eigenvalue weighted by molar-refractivity contribution is 0.590. The number of nitrogens with two attached hydrogens (primary N) is 1. The third-order valence-electron chi connectivity index (χ3n) is 3.41. The van der Waals surface area contributed by atoms with Gasteiger partial charge in [0.2, 0.25) is 0 Å². The molecule has 0 heterocycles. The zero-order valence-electron chi connectivity index (χ0n) is 12.7. The topological polar surface area (TPSA) is 26.0 Å². The highest BCUT2D eigenvalue weighted by atomic mass is 32.2. The molecule has 0 amide bonds. The Morgan fingerprint density at radius 3 is 2.20 bits per heavy atom. The lowest BCUT2D eigenvalue weighted by Crippen LogP contribution is -2.10. The lowest BCUT2D eigenvalue weighted by atomic mass is 9.87. The number of nitrogen functional groups attached to an aromatic ring is 1. The molecule has 106 valence electrons. The molecule has 2 rings (SSSR count). The van der Waals surface area contributed by atoms with Gasteiger partial charge in [-0.3, -0.25) is 0 Å². The Bertz CT molecular complexity index is 567. The molecule has 0 fully saturated rings. The van der Waals surface area contributed by atoms with Gasteiger partial charge < -0.3 is 5.73 Å². The van der Waals surface area contributed by atoms with Crippen LogP contribution in [0.25, 0.3) is 0 Å². The Morgan fingerprint density at radius 1 is 1.00 bits per heavy atom. The molecule has 0 saturated carbocycles. The van der Waals surface area contributed by atoms with E-state index >= 15 is 0 Å². The van der Waals surface area contributed by atoms with E-state index in [1.165, 1.54) is 16.0 Å². The molecular formula is C18H23NS. The van der Waals surface area contributed by atoms with Crippen molar-refractivity contribution in [1.82, 2.24) is 0 Å². The van der Waals surface area contributed by atoms with Crippen molar-refractivity contribution in [2.24, 2.45) is 0 Å². The summed E-state index contributed by atoms with van der Waals surface area (Å²) in [4.78, 5) is 1.30. The van der Waals surface area contributed by atoms with Crippen LogP contribution in [-0.2, 0) is 5.41 Å². The second kappa shape index (κ2) is 5.92. The Labute approximate surface area is 126 Å². The van der Waals surface area contributed by atoms with Crippen molar-refractivity contribution in [2.75, 3.05) is 5.73 Å². The fourth-order valence-electron chi connectivity index (χ4n) is 2.12. The van der Waals surface area contributed by atoms with Gasteiger partial charge in [0.15, 0.2) is 0 Å². The van der Waals surface area contributed by atoms with Gasteiger partial charge in [0, 0.05) is 15.8 Å². The molecule has 0 aliphatic heterocycles. The van der Waals surface area contributed by atoms with Crippen molar-refractivity contribution in [1.29, 1.82) is 0 Å². The summed E-state index contributed by atoms with van der Waals surface area (Å²) >= 11 is 1.87. The van der Waals surface area contributed by atoms with Crippen LogP contribution in [0, 0.1) is 0 Å². The summed E-state index contributed by atoms with van der Waals surface area (Å²) in [5, 5.41) is 0.402. The van der Waals surface area contributed by atoms with Crippen LogP contribution in [0.3, 0.4) is 0 Å². The number of rotatable bonds is 3. The second-order valence-electron chi connectivity index (χ2n) is 6.20. The van der Waals surface area contributed by atoms with Gasteiger partial charge in [0.25, 0.3) is 0 Å². The van der Waals surface area contributed by atoms with E-state index in [2.05, 4.69) is 64.1 Å². The van der Waals surface area contributed by atoms with Crippen LogP contribution in [0.4, 0.5) is 5.69 Å². The van der Waals surface area contributed by atoms with Crippen molar-refractivity contribution in [3.05, 3.63) is 59.7 Å². The quantitative estimate of drug-likeness (QED) is 0.602. The van der Waals surface area contributed by atoms with Crippen molar-refractivity contribution in [3.63, 3.8) is 0 Å². The Balaban J connectivity index is 2.10. The molecule has 1 atom stereocenters. The Kier molecular flexibility index (Phi) is 4.44. The third kappa shape index (κ3) is 3.80. The molecule has 0 saturated heterocycles. The summed E-state index contributed by atoms with van der Waals surface area (Å²) in [5.41, 5.74) is 9.54. The maximum absolute atomic E-state index is 5.85. The highest BCUT2D eigenvalue weighted by Crippen LogP contribution is 2.36. The van der Waals surface area contributed by atoms with Crippen LogP contribution in [-0.4, -0.2) is 0 Å². The van der Waals surface area contributed by atoms with E-state index in [1.54, 1.807) is 0 Å². The van der Waals surface area contributed by atoms with Crippen LogP contribution in [0.15, 0.2) is 53.4 Å². The molecular weight excluding hydrogens is 262 g/mol. The van der Waals surface area contributed by atoms with E-state index in [1.807, 2.05) is 23.9 Å². The largest absolute Gasteiger partial charge is 0.399 e.